The van der Waals surface area contributed by atoms with E-state index in [1.807, 2.05) is 30.5 Å². The van der Waals surface area contributed by atoms with Crippen molar-refractivity contribution in [1.82, 2.24) is 10.3 Å². The molecule has 9 heteroatoms. The van der Waals surface area contributed by atoms with Crippen LogP contribution in [0.25, 0.3) is 5.70 Å². The van der Waals surface area contributed by atoms with Crippen LogP contribution in [0.5, 0.6) is 0 Å². The Kier molecular flexibility index (Phi) is 3.92. The molecule has 8 nitrogen and oxygen atoms in total. The van der Waals surface area contributed by atoms with Crippen molar-refractivity contribution in [3.05, 3.63) is 74.8 Å². The molecular weight excluding hydrogens is 354 g/mol. The van der Waals surface area contributed by atoms with Crippen molar-refractivity contribution in [2.75, 3.05) is 6.26 Å². The molecule has 1 atom stereocenters. The van der Waals surface area contributed by atoms with Crippen LogP contribution in [0, 0.1) is 10.1 Å². The minimum atomic E-state index is -0.659. The number of non-ortho nitro benzene ring substituents is 1. The quantitative estimate of drug-likeness (QED) is 0.633. The molecule has 2 aromatic rings. The number of benzene rings is 2. The summed E-state index contributed by atoms with van der Waals surface area (Å²) in [5, 5.41) is 21.7. The maximum atomic E-state index is 12.7. The SMILES string of the molecule is CSC1=NN2C(=c3ccccc3=NC2c2cccc([N+](=O)[O-])c2)C(=O)N1. The lowest BCUT2D eigenvalue weighted by Crippen LogP contribution is -2.50. The van der Waals surface area contributed by atoms with Crippen LogP contribution < -0.4 is 15.9 Å². The Morgan fingerprint density at radius 2 is 2.04 bits per heavy atom. The van der Waals surface area contributed by atoms with Gasteiger partial charge >= 0.3 is 0 Å². The van der Waals surface area contributed by atoms with Crippen molar-refractivity contribution in [2.24, 2.45) is 10.1 Å². The van der Waals surface area contributed by atoms with Crippen molar-refractivity contribution >= 4 is 34.2 Å². The molecule has 0 radical (unpaired) electrons. The number of thioether (sulfide) groups is 1. The molecule has 0 saturated carbocycles. The van der Waals surface area contributed by atoms with Gasteiger partial charge in [-0.05, 0) is 12.3 Å². The second-order valence-electron chi connectivity index (χ2n) is 5.63. The lowest BCUT2D eigenvalue weighted by molar-refractivity contribution is -0.384. The standard InChI is InChI=1S/C17H13N5O3S/c1-26-17-19-16(23)14-12-7-2-3-8-13(12)18-15(21(14)20-17)10-5-4-6-11(9-10)22(24)25/h2-9,15H,1H3,(H,19,20,23). The number of amidine groups is 1. The number of fused-ring (bicyclic) bond motifs is 2. The molecule has 0 spiro atoms. The van der Waals surface area contributed by atoms with Gasteiger partial charge in [0.2, 0.25) is 0 Å². The Balaban J connectivity index is 1.96. The Hall–Kier alpha value is -3.20. The highest BCUT2D eigenvalue weighted by Gasteiger charge is 2.34. The van der Waals surface area contributed by atoms with E-state index < -0.39 is 11.1 Å². The first-order valence-corrected chi connectivity index (χ1v) is 8.95. The number of amides is 1. The van der Waals surface area contributed by atoms with Crippen LogP contribution in [-0.2, 0) is 4.79 Å². The minimum absolute atomic E-state index is 0.0337. The minimum Gasteiger partial charge on any atom is -0.298 e. The summed E-state index contributed by atoms with van der Waals surface area (Å²) in [6.45, 7) is 0. The molecule has 1 N–H and O–H groups in total. The van der Waals surface area contributed by atoms with Gasteiger partial charge in [-0.25, -0.2) is 5.01 Å². The fourth-order valence-electron chi connectivity index (χ4n) is 2.94. The van der Waals surface area contributed by atoms with Crippen LogP contribution in [0.15, 0.2) is 58.6 Å². The van der Waals surface area contributed by atoms with Gasteiger partial charge in [-0.1, -0.05) is 42.1 Å². The van der Waals surface area contributed by atoms with Gasteiger partial charge in [-0.3, -0.25) is 25.2 Å². The number of hydrogen-bond donors (Lipinski definition) is 1. The average molecular weight is 367 g/mol. The molecule has 0 aromatic heterocycles. The Morgan fingerprint density at radius 3 is 2.81 bits per heavy atom. The van der Waals surface area contributed by atoms with E-state index in [9.17, 15) is 14.9 Å². The Labute approximate surface area is 152 Å². The van der Waals surface area contributed by atoms with Crippen LogP contribution in [0.1, 0.15) is 11.7 Å². The molecule has 0 aliphatic carbocycles. The number of nitro groups is 1. The second-order valence-corrected chi connectivity index (χ2v) is 6.42. The molecule has 0 fully saturated rings. The van der Waals surface area contributed by atoms with Crippen LogP contribution in [0.4, 0.5) is 5.69 Å². The zero-order valence-electron chi connectivity index (χ0n) is 13.6. The van der Waals surface area contributed by atoms with Crippen molar-refractivity contribution < 1.29 is 9.72 Å². The summed E-state index contributed by atoms with van der Waals surface area (Å²) in [7, 11) is 0. The third-order valence-electron chi connectivity index (χ3n) is 4.09. The van der Waals surface area contributed by atoms with Gasteiger partial charge in [0.05, 0.1) is 10.3 Å². The average Bonchev–Trinajstić information content (AvgIpc) is 2.67. The third kappa shape index (κ3) is 2.62. The zero-order valence-corrected chi connectivity index (χ0v) is 14.4. The molecule has 0 saturated heterocycles. The molecule has 2 aliphatic rings. The maximum absolute atomic E-state index is 12.7. The van der Waals surface area contributed by atoms with Crippen LogP contribution in [-0.4, -0.2) is 27.3 Å². The summed E-state index contributed by atoms with van der Waals surface area (Å²) < 4.78 is 0. The molecule has 2 aromatic carbocycles. The highest BCUT2D eigenvalue weighted by molar-refractivity contribution is 8.13. The van der Waals surface area contributed by atoms with Gasteiger partial charge in [0.25, 0.3) is 11.6 Å². The number of hydrazone groups is 1. The molecular formula is C17H13N5O3S. The van der Waals surface area contributed by atoms with E-state index in [1.165, 1.54) is 28.9 Å². The smallest absolute Gasteiger partial charge is 0.276 e. The van der Waals surface area contributed by atoms with Crippen molar-refractivity contribution in [3.63, 3.8) is 0 Å². The van der Waals surface area contributed by atoms with E-state index in [4.69, 9.17) is 0 Å². The first kappa shape index (κ1) is 16.3. The Morgan fingerprint density at radius 1 is 1.23 bits per heavy atom. The molecule has 1 unspecified atom stereocenters. The van der Waals surface area contributed by atoms with E-state index in [1.54, 1.807) is 12.1 Å². The monoisotopic (exact) mass is 367 g/mol. The molecule has 1 amide bonds. The number of para-hydroxylation sites is 1. The fraction of sp³-hybridized carbons (Fsp3) is 0.118. The van der Waals surface area contributed by atoms with E-state index in [0.29, 0.717) is 27.0 Å². The van der Waals surface area contributed by atoms with Crippen molar-refractivity contribution in [1.29, 1.82) is 0 Å². The second kappa shape index (κ2) is 6.26. The molecule has 4 rings (SSSR count). The number of rotatable bonds is 2. The van der Waals surface area contributed by atoms with E-state index in [2.05, 4.69) is 15.4 Å². The fourth-order valence-corrected chi connectivity index (χ4v) is 3.30. The molecule has 2 heterocycles. The van der Waals surface area contributed by atoms with E-state index >= 15 is 0 Å². The first-order valence-electron chi connectivity index (χ1n) is 7.73. The predicted molar refractivity (Wildman–Crippen MR) is 97.4 cm³/mol. The maximum Gasteiger partial charge on any atom is 0.276 e. The largest absolute Gasteiger partial charge is 0.298 e. The summed E-state index contributed by atoms with van der Waals surface area (Å²) in [5.41, 5.74) is 0.934. The molecule has 2 aliphatic heterocycles. The molecule has 0 bridgehead atoms. The highest BCUT2D eigenvalue weighted by Crippen LogP contribution is 2.31. The highest BCUT2D eigenvalue weighted by atomic mass is 32.2. The molecule has 130 valence electrons. The summed E-state index contributed by atoms with van der Waals surface area (Å²) in [4.78, 5) is 28.0. The van der Waals surface area contributed by atoms with Crippen LogP contribution >= 0.6 is 11.8 Å². The van der Waals surface area contributed by atoms with Gasteiger partial charge in [0.15, 0.2) is 11.3 Å². The van der Waals surface area contributed by atoms with Crippen LogP contribution in [0.3, 0.4) is 0 Å². The Bertz CT molecular complexity index is 1080. The number of nitrogens with one attached hydrogen (secondary N) is 1. The van der Waals surface area contributed by atoms with E-state index in [0.717, 1.165) is 0 Å². The van der Waals surface area contributed by atoms with Gasteiger partial charge in [-0.15, -0.1) is 5.10 Å². The normalized spacial score (nSPS) is 18.3. The number of hydrogen-bond acceptors (Lipinski definition) is 7. The first-order chi connectivity index (χ1) is 12.6. The summed E-state index contributed by atoms with van der Waals surface area (Å²) in [6, 6.07) is 13.5. The number of nitro benzene ring substituents is 1. The topological polar surface area (TPSA) is 100 Å². The van der Waals surface area contributed by atoms with E-state index in [-0.39, 0.29) is 11.6 Å². The lowest BCUT2D eigenvalue weighted by Gasteiger charge is -2.33. The number of carbonyl (C=O) groups excluding carboxylic acids is 1. The third-order valence-corrected chi connectivity index (χ3v) is 4.66. The van der Waals surface area contributed by atoms with Crippen LogP contribution in [0.2, 0.25) is 0 Å². The van der Waals surface area contributed by atoms with Gasteiger partial charge in [0.1, 0.15) is 5.70 Å². The summed E-state index contributed by atoms with van der Waals surface area (Å²) in [5.74, 6) is -0.276. The molecule has 26 heavy (non-hydrogen) atoms. The van der Waals surface area contributed by atoms with Crippen molar-refractivity contribution in [3.8, 4) is 0 Å². The summed E-state index contributed by atoms with van der Waals surface area (Å²) in [6.07, 6.45) is 1.15. The zero-order chi connectivity index (χ0) is 18.3. The van der Waals surface area contributed by atoms with Gasteiger partial charge in [-0.2, -0.15) is 0 Å². The predicted octanol–water partition coefficient (Wildman–Crippen LogP) is 1.10. The summed E-state index contributed by atoms with van der Waals surface area (Å²) >= 11 is 1.30. The lowest BCUT2D eigenvalue weighted by atomic mass is 10.1. The number of carbonyl (C=O) groups is 1. The van der Waals surface area contributed by atoms with Crippen molar-refractivity contribution in [2.45, 2.75) is 6.17 Å². The van der Waals surface area contributed by atoms with Gasteiger partial charge < -0.3 is 0 Å². The number of nitrogens with zero attached hydrogens (tertiary/aromatic N) is 4. The van der Waals surface area contributed by atoms with Gasteiger partial charge in [0, 0.05) is 22.9 Å².